The summed E-state index contributed by atoms with van der Waals surface area (Å²) in [4.78, 5) is 13.1. The summed E-state index contributed by atoms with van der Waals surface area (Å²) >= 11 is 0. The third kappa shape index (κ3) is 1.99. The van der Waals surface area contributed by atoms with Gasteiger partial charge in [0.05, 0.1) is 6.04 Å². The first kappa shape index (κ1) is 9.08. The summed E-state index contributed by atoms with van der Waals surface area (Å²) < 4.78 is 0. The molecule has 1 fully saturated rings. The summed E-state index contributed by atoms with van der Waals surface area (Å²) in [5.41, 5.74) is 5.60. The fraction of sp³-hybridized carbons (Fsp3) is 0.667. The van der Waals surface area contributed by atoms with Gasteiger partial charge >= 0.3 is 0 Å². The Bertz CT molecular complexity index is 207. The molecular formula is C9H14N2O. The van der Waals surface area contributed by atoms with Crippen LogP contribution in [0.15, 0.2) is 0 Å². The van der Waals surface area contributed by atoms with Crippen LogP contribution in [0.5, 0.6) is 0 Å². The summed E-state index contributed by atoms with van der Waals surface area (Å²) in [6.45, 7) is 1.47. The Morgan fingerprint density at radius 3 is 3.17 bits per heavy atom. The van der Waals surface area contributed by atoms with Crippen molar-refractivity contribution < 1.29 is 4.79 Å². The third-order valence-corrected chi connectivity index (χ3v) is 2.10. The second-order valence-electron chi connectivity index (χ2n) is 3.03. The second-order valence-corrected chi connectivity index (χ2v) is 3.03. The molecule has 1 rings (SSSR count). The van der Waals surface area contributed by atoms with Crippen LogP contribution in [-0.4, -0.2) is 29.9 Å². The van der Waals surface area contributed by atoms with Crippen LogP contribution in [0.4, 0.5) is 0 Å². The minimum Gasteiger partial charge on any atom is -0.340 e. The van der Waals surface area contributed by atoms with Crippen molar-refractivity contribution in [3.8, 4) is 12.3 Å². The number of likely N-dealkylation sites (tertiary alicyclic amines) is 1. The molecule has 2 N–H and O–H groups in total. The summed E-state index contributed by atoms with van der Waals surface area (Å²) in [5, 5.41) is 0. The molecule has 1 saturated heterocycles. The molecule has 0 saturated carbocycles. The lowest BCUT2D eigenvalue weighted by Gasteiger charge is -2.29. The van der Waals surface area contributed by atoms with E-state index in [2.05, 4.69) is 5.92 Å². The fourth-order valence-electron chi connectivity index (χ4n) is 1.39. The molecule has 1 aliphatic heterocycles. The van der Waals surface area contributed by atoms with Crippen molar-refractivity contribution in [2.45, 2.75) is 25.3 Å². The largest absolute Gasteiger partial charge is 0.340 e. The Labute approximate surface area is 72.9 Å². The Kier molecular flexibility index (Phi) is 3.12. The van der Waals surface area contributed by atoms with Gasteiger partial charge < -0.3 is 10.6 Å². The molecule has 1 aliphatic rings. The standard InChI is InChI=1S/C9H14N2O/c1-2-3-6-11-7-4-5-8(10)9(11)12/h1,8H,3-7,10H2/t8-/m1/s1. The minimum absolute atomic E-state index is 0.0523. The van der Waals surface area contributed by atoms with E-state index in [0.717, 1.165) is 19.4 Å². The van der Waals surface area contributed by atoms with Gasteiger partial charge in [0.1, 0.15) is 0 Å². The third-order valence-electron chi connectivity index (χ3n) is 2.10. The molecular weight excluding hydrogens is 152 g/mol. The molecule has 3 heteroatoms. The smallest absolute Gasteiger partial charge is 0.239 e. The van der Waals surface area contributed by atoms with E-state index in [1.807, 2.05) is 0 Å². The number of terminal acetylenes is 1. The molecule has 0 radical (unpaired) electrons. The van der Waals surface area contributed by atoms with Crippen LogP contribution in [0.1, 0.15) is 19.3 Å². The molecule has 0 unspecified atom stereocenters. The maximum absolute atomic E-state index is 11.4. The molecule has 12 heavy (non-hydrogen) atoms. The maximum Gasteiger partial charge on any atom is 0.239 e. The number of nitrogens with two attached hydrogens (primary N) is 1. The molecule has 3 nitrogen and oxygen atoms in total. The fourth-order valence-corrected chi connectivity index (χ4v) is 1.39. The van der Waals surface area contributed by atoms with Gasteiger partial charge in [-0.15, -0.1) is 12.3 Å². The van der Waals surface area contributed by atoms with Crippen molar-refractivity contribution in [2.24, 2.45) is 5.73 Å². The molecule has 1 heterocycles. The van der Waals surface area contributed by atoms with Crippen LogP contribution in [-0.2, 0) is 4.79 Å². The van der Waals surface area contributed by atoms with E-state index < -0.39 is 0 Å². The topological polar surface area (TPSA) is 46.3 Å². The van der Waals surface area contributed by atoms with E-state index in [-0.39, 0.29) is 11.9 Å². The summed E-state index contributed by atoms with van der Waals surface area (Å²) in [6.07, 6.45) is 7.54. The average molecular weight is 166 g/mol. The lowest BCUT2D eigenvalue weighted by atomic mass is 10.1. The molecule has 0 aromatic carbocycles. The number of carbonyl (C=O) groups is 1. The molecule has 0 aromatic heterocycles. The highest BCUT2D eigenvalue weighted by molar-refractivity contribution is 5.82. The molecule has 1 atom stereocenters. The van der Waals surface area contributed by atoms with E-state index in [9.17, 15) is 4.79 Å². The van der Waals surface area contributed by atoms with E-state index in [1.165, 1.54) is 0 Å². The van der Waals surface area contributed by atoms with E-state index >= 15 is 0 Å². The Morgan fingerprint density at radius 1 is 1.75 bits per heavy atom. The van der Waals surface area contributed by atoms with E-state index in [4.69, 9.17) is 12.2 Å². The molecule has 0 aromatic rings. The van der Waals surface area contributed by atoms with Gasteiger partial charge in [-0.25, -0.2) is 0 Å². The van der Waals surface area contributed by atoms with Crippen molar-refractivity contribution in [3.63, 3.8) is 0 Å². The summed E-state index contributed by atoms with van der Waals surface area (Å²) in [5.74, 6) is 2.57. The molecule has 0 aliphatic carbocycles. The zero-order valence-corrected chi connectivity index (χ0v) is 7.12. The maximum atomic E-state index is 11.4. The molecule has 0 bridgehead atoms. The van der Waals surface area contributed by atoms with Crippen molar-refractivity contribution in [1.29, 1.82) is 0 Å². The number of amides is 1. The minimum atomic E-state index is -0.295. The predicted molar refractivity (Wildman–Crippen MR) is 47.2 cm³/mol. The van der Waals surface area contributed by atoms with Crippen molar-refractivity contribution in [1.82, 2.24) is 4.90 Å². The Morgan fingerprint density at radius 2 is 2.50 bits per heavy atom. The first-order valence-corrected chi connectivity index (χ1v) is 4.23. The normalized spacial score (nSPS) is 23.8. The zero-order valence-electron chi connectivity index (χ0n) is 7.12. The molecule has 66 valence electrons. The number of carbonyl (C=O) groups excluding carboxylic acids is 1. The van der Waals surface area contributed by atoms with Gasteiger partial charge in [-0.3, -0.25) is 4.79 Å². The average Bonchev–Trinajstić information content (AvgIpc) is 2.08. The number of rotatable bonds is 2. The lowest BCUT2D eigenvalue weighted by molar-refractivity contribution is -0.134. The van der Waals surface area contributed by atoms with Crippen LogP contribution in [0.25, 0.3) is 0 Å². The van der Waals surface area contributed by atoms with Crippen molar-refractivity contribution in [3.05, 3.63) is 0 Å². The molecule has 0 spiro atoms. The highest BCUT2D eigenvalue weighted by atomic mass is 16.2. The van der Waals surface area contributed by atoms with Gasteiger partial charge in [0.15, 0.2) is 0 Å². The SMILES string of the molecule is C#CCCN1CCC[C@@H](N)C1=O. The first-order valence-electron chi connectivity index (χ1n) is 4.23. The van der Waals surface area contributed by atoms with Gasteiger partial charge in [-0.2, -0.15) is 0 Å². The van der Waals surface area contributed by atoms with Crippen LogP contribution in [0.2, 0.25) is 0 Å². The lowest BCUT2D eigenvalue weighted by Crippen LogP contribution is -2.48. The predicted octanol–water partition coefficient (Wildman–Crippen LogP) is -0.0406. The Hall–Kier alpha value is -1.01. The van der Waals surface area contributed by atoms with Crippen molar-refractivity contribution in [2.75, 3.05) is 13.1 Å². The monoisotopic (exact) mass is 166 g/mol. The quantitative estimate of drug-likeness (QED) is 0.585. The zero-order chi connectivity index (χ0) is 8.97. The van der Waals surface area contributed by atoms with Crippen molar-refractivity contribution >= 4 is 5.91 Å². The molecule has 1 amide bonds. The van der Waals surface area contributed by atoms with E-state index in [1.54, 1.807) is 4.90 Å². The van der Waals surface area contributed by atoms with Crippen LogP contribution in [0.3, 0.4) is 0 Å². The number of hydrogen-bond donors (Lipinski definition) is 1. The summed E-state index contributed by atoms with van der Waals surface area (Å²) in [6, 6.07) is -0.295. The number of nitrogens with zero attached hydrogens (tertiary/aromatic N) is 1. The second kappa shape index (κ2) is 4.13. The number of piperidine rings is 1. The van der Waals surface area contributed by atoms with Gasteiger partial charge in [-0.1, -0.05) is 0 Å². The van der Waals surface area contributed by atoms with Gasteiger partial charge in [0, 0.05) is 19.5 Å². The van der Waals surface area contributed by atoms with Crippen LogP contribution >= 0.6 is 0 Å². The number of hydrogen-bond acceptors (Lipinski definition) is 2. The van der Waals surface area contributed by atoms with Gasteiger partial charge in [0.2, 0.25) is 5.91 Å². The van der Waals surface area contributed by atoms with Gasteiger partial charge in [0.25, 0.3) is 0 Å². The summed E-state index contributed by atoms with van der Waals surface area (Å²) in [7, 11) is 0. The Balaban J connectivity index is 2.42. The highest BCUT2D eigenvalue weighted by Crippen LogP contribution is 2.09. The van der Waals surface area contributed by atoms with E-state index in [0.29, 0.717) is 13.0 Å². The van der Waals surface area contributed by atoms with Crippen LogP contribution < -0.4 is 5.73 Å². The van der Waals surface area contributed by atoms with Gasteiger partial charge in [-0.05, 0) is 12.8 Å². The first-order chi connectivity index (χ1) is 5.75. The highest BCUT2D eigenvalue weighted by Gasteiger charge is 2.24. The van der Waals surface area contributed by atoms with Crippen LogP contribution in [0, 0.1) is 12.3 Å².